The number of piperidine rings is 1. The zero-order chi connectivity index (χ0) is 22.8. The minimum atomic E-state index is 0.459. The fourth-order valence-electron chi connectivity index (χ4n) is 4.41. The van der Waals surface area contributed by atoms with Gasteiger partial charge in [0.2, 0.25) is 5.95 Å². The van der Waals surface area contributed by atoms with E-state index in [0.29, 0.717) is 22.7 Å². The number of nitrogens with one attached hydrogen (secondary N) is 3. The van der Waals surface area contributed by atoms with Crippen molar-refractivity contribution in [1.29, 1.82) is 0 Å². The van der Waals surface area contributed by atoms with E-state index >= 15 is 0 Å². The van der Waals surface area contributed by atoms with Crippen molar-refractivity contribution in [2.24, 2.45) is 0 Å². The summed E-state index contributed by atoms with van der Waals surface area (Å²) in [5, 5.41) is 8.24. The van der Waals surface area contributed by atoms with Crippen molar-refractivity contribution in [2.45, 2.75) is 18.9 Å². The molecule has 170 valence electrons. The molecule has 0 unspecified atom stereocenters. The molecule has 5 rings (SSSR count). The van der Waals surface area contributed by atoms with Gasteiger partial charge in [-0.2, -0.15) is 0 Å². The van der Waals surface area contributed by atoms with Crippen LogP contribution in [0.5, 0.6) is 5.75 Å². The van der Waals surface area contributed by atoms with Crippen molar-refractivity contribution in [1.82, 2.24) is 20.3 Å². The Morgan fingerprint density at radius 2 is 1.97 bits per heavy atom. The summed E-state index contributed by atoms with van der Waals surface area (Å²) < 4.78 is 5.69. The molecule has 3 heterocycles. The Labute approximate surface area is 198 Å². The zero-order valence-corrected chi connectivity index (χ0v) is 19.5. The van der Waals surface area contributed by atoms with E-state index in [1.165, 1.54) is 0 Å². The van der Waals surface area contributed by atoms with Crippen LogP contribution in [0.25, 0.3) is 22.2 Å². The van der Waals surface area contributed by atoms with Crippen LogP contribution in [0.15, 0.2) is 54.9 Å². The van der Waals surface area contributed by atoms with Gasteiger partial charge in [0, 0.05) is 53.5 Å². The number of ether oxygens (including phenoxy) is 1. The van der Waals surface area contributed by atoms with Crippen LogP contribution in [-0.2, 0) is 0 Å². The summed E-state index contributed by atoms with van der Waals surface area (Å²) >= 11 is 6.48. The highest BCUT2D eigenvalue weighted by Crippen LogP contribution is 2.35. The summed E-state index contributed by atoms with van der Waals surface area (Å²) in [6.07, 6.45) is 5.82. The lowest BCUT2D eigenvalue weighted by Gasteiger charge is -2.33. The van der Waals surface area contributed by atoms with Gasteiger partial charge in [-0.25, -0.2) is 9.97 Å². The zero-order valence-electron chi connectivity index (χ0n) is 18.7. The smallest absolute Gasteiger partial charge is 0.227 e. The number of para-hydroxylation sites is 1. The Morgan fingerprint density at radius 3 is 2.76 bits per heavy atom. The molecule has 7 nitrogen and oxygen atoms in total. The number of nitrogens with zero attached hydrogens (tertiary/aromatic N) is 3. The van der Waals surface area contributed by atoms with Crippen molar-refractivity contribution < 1.29 is 4.74 Å². The normalized spacial score (nSPS) is 14.6. The van der Waals surface area contributed by atoms with Crippen molar-refractivity contribution in [3.63, 3.8) is 0 Å². The molecule has 0 amide bonds. The number of benzene rings is 2. The first-order chi connectivity index (χ1) is 16.2. The maximum absolute atomic E-state index is 6.48. The third-order valence-corrected chi connectivity index (χ3v) is 6.57. The van der Waals surface area contributed by atoms with E-state index in [1.54, 1.807) is 13.3 Å². The maximum Gasteiger partial charge on any atom is 0.227 e. The molecule has 1 aliphatic rings. The van der Waals surface area contributed by atoms with Gasteiger partial charge in [-0.1, -0.05) is 29.8 Å². The Hall–Kier alpha value is -3.29. The molecular weight excluding hydrogens is 436 g/mol. The van der Waals surface area contributed by atoms with Gasteiger partial charge >= 0.3 is 0 Å². The van der Waals surface area contributed by atoms with Crippen LogP contribution in [0.2, 0.25) is 5.02 Å². The van der Waals surface area contributed by atoms with Crippen molar-refractivity contribution in [3.8, 4) is 17.0 Å². The predicted octanol–water partition coefficient (Wildman–Crippen LogP) is 5.22. The molecule has 0 spiro atoms. The number of fused-ring (bicyclic) bond motifs is 1. The number of hydrogen-bond donors (Lipinski definition) is 3. The monoisotopic (exact) mass is 462 g/mol. The van der Waals surface area contributed by atoms with Gasteiger partial charge < -0.3 is 25.3 Å². The lowest BCUT2D eigenvalue weighted by molar-refractivity contribution is 0.415. The topological polar surface area (TPSA) is 78.1 Å². The Morgan fingerprint density at radius 1 is 1.15 bits per heavy atom. The third-order valence-electron chi connectivity index (χ3n) is 6.29. The van der Waals surface area contributed by atoms with Gasteiger partial charge in [0.25, 0.3) is 0 Å². The molecule has 0 aliphatic carbocycles. The minimum Gasteiger partial charge on any atom is -0.494 e. The number of methoxy groups -OCH3 is 1. The molecular formula is C25H27ClN6O. The first-order valence-electron chi connectivity index (χ1n) is 11.1. The second-order valence-electron chi connectivity index (χ2n) is 8.20. The maximum atomic E-state index is 6.48. The molecule has 0 atom stereocenters. The largest absolute Gasteiger partial charge is 0.494 e. The van der Waals surface area contributed by atoms with E-state index < -0.39 is 0 Å². The fraction of sp³-hybridized carbons (Fsp3) is 0.280. The summed E-state index contributed by atoms with van der Waals surface area (Å²) in [5.74, 6) is 1.20. The predicted molar refractivity (Wildman–Crippen MR) is 135 cm³/mol. The Bertz CT molecular complexity index is 1260. The van der Waals surface area contributed by atoms with E-state index in [4.69, 9.17) is 21.3 Å². The van der Waals surface area contributed by atoms with Crippen LogP contribution in [0.4, 0.5) is 17.3 Å². The van der Waals surface area contributed by atoms with Gasteiger partial charge in [0.15, 0.2) is 0 Å². The molecule has 8 heteroatoms. The quantitative estimate of drug-likeness (QED) is 0.364. The molecule has 0 bridgehead atoms. The average Bonchev–Trinajstić information content (AvgIpc) is 3.29. The number of halogens is 1. The Kier molecular flexibility index (Phi) is 6.07. The van der Waals surface area contributed by atoms with Crippen LogP contribution in [0, 0.1) is 0 Å². The van der Waals surface area contributed by atoms with E-state index in [-0.39, 0.29) is 0 Å². The first kappa shape index (κ1) is 21.6. The molecule has 2 aromatic carbocycles. The molecule has 0 radical (unpaired) electrons. The number of aromatic nitrogens is 3. The summed E-state index contributed by atoms with van der Waals surface area (Å²) in [4.78, 5) is 14.8. The van der Waals surface area contributed by atoms with Crippen LogP contribution in [-0.4, -0.2) is 48.2 Å². The van der Waals surface area contributed by atoms with Gasteiger partial charge in [0.1, 0.15) is 5.75 Å². The second-order valence-corrected chi connectivity index (χ2v) is 8.60. The SMILES string of the molecule is CNC1CCN(c2ccc(Nc3ncc(Cl)c(-c4c[nH]c5ccccc45)n3)c(OC)c2)CC1. The third kappa shape index (κ3) is 4.34. The van der Waals surface area contributed by atoms with Crippen molar-refractivity contribution in [2.75, 3.05) is 37.5 Å². The molecule has 2 aromatic heterocycles. The average molecular weight is 463 g/mol. The standard InChI is InChI=1S/C25H27ClN6O/c1-27-16-9-11-32(12-10-16)17-7-8-22(23(13-17)33-2)30-25-29-15-20(26)24(31-25)19-14-28-21-6-4-3-5-18(19)21/h3-8,13-16,27-28H,9-12H2,1-2H3,(H,29,30,31). The molecule has 1 aliphatic heterocycles. The van der Waals surface area contributed by atoms with E-state index in [0.717, 1.165) is 59.5 Å². The number of aromatic amines is 1. The van der Waals surface area contributed by atoms with E-state index in [1.807, 2.05) is 43.6 Å². The molecule has 3 N–H and O–H groups in total. The minimum absolute atomic E-state index is 0.459. The second kappa shape index (κ2) is 9.29. The highest BCUT2D eigenvalue weighted by atomic mass is 35.5. The number of rotatable bonds is 6. The van der Waals surface area contributed by atoms with Crippen LogP contribution in [0.3, 0.4) is 0 Å². The number of H-pyrrole nitrogens is 1. The molecule has 0 saturated carbocycles. The fourth-order valence-corrected chi connectivity index (χ4v) is 4.60. The Balaban J connectivity index is 1.41. The van der Waals surface area contributed by atoms with Gasteiger partial charge in [-0.3, -0.25) is 0 Å². The van der Waals surface area contributed by atoms with Gasteiger partial charge in [-0.15, -0.1) is 0 Å². The first-order valence-corrected chi connectivity index (χ1v) is 11.5. The summed E-state index contributed by atoms with van der Waals surface area (Å²) in [6.45, 7) is 2.05. The van der Waals surface area contributed by atoms with Crippen molar-refractivity contribution >= 4 is 39.8 Å². The van der Waals surface area contributed by atoms with Crippen LogP contribution < -0.4 is 20.3 Å². The highest BCUT2D eigenvalue weighted by molar-refractivity contribution is 6.33. The lowest BCUT2D eigenvalue weighted by Crippen LogP contribution is -2.41. The number of anilines is 3. The molecule has 33 heavy (non-hydrogen) atoms. The highest BCUT2D eigenvalue weighted by Gasteiger charge is 2.19. The number of hydrogen-bond acceptors (Lipinski definition) is 6. The van der Waals surface area contributed by atoms with Crippen molar-refractivity contribution in [3.05, 3.63) is 59.9 Å². The summed E-state index contributed by atoms with van der Waals surface area (Å²) in [7, 11) is 3.71. The molecule has 1 fully saturated rings. The van der Waals surface area contributed by atoms with E-state index in [9.17, 15) is 0 Å². The summed E-state index contributed by atoms with van der Waals surface area (Å²) in [5.41, 5.74) is 4.61. The molecule has 1 saturated heterocycles. The van der Waals surface area contributed by atoms with Gasteiger partial charge in [0.05, 0.1) is 29.7 Å². The lowest BCUT2D eigenvalue weighted by atomic mass is 10.0. The summed E-state index contributed by atoms with van der Waals surface area (Å²) in [6, 6.07) is 14.9. The van der Waals surface area contributed by atoms with Crippen LogP contribution in [0.1, 0.15) is 12.8 Å². The van der Waals surface area contributed by atoms with Gasteiger partial charge in [-0.05, 0) is 38.1 Å². The van der Waals surface area contributed by atoms with E-state index in [2.05, 4.69) is 37.6 Å². The molecule has 4 aromatic rings. The van der Waals surface area contributed by atoms with Crippen LogP contribution >= 0.6 is 11.6 Å².